The van der Waals surface area contributed by atoms with Crippen molar-refractivity contribution >= 4 is 29.1 Å². The number of nitrogens with one attached hydrogen (secondary N) is 1. The average molecular weight is 466 g/mol. The SMILES string of the molecule is COc1ccc(Oc2c(Cl)ccc(C(=O)NCC3CCCC(O)C3)c2Cl)cc1C(C)C. The van der Waals surface area contributed by atoms with E-state index in [1.165, 1.54) is 0 Å². The van der Waals surface area contributed by atoms with Gasteiger partial charge in [-0.05, 0) is 61.4 Å². The van der Waals surface area contributed by atoms with E-state index in [9.17, 15) is 9.90 Å². The Hall–Kier alpha value is -1.95. The quantitative estimate of drug-likeness (QED) is 0.510. The Morgan fingerprint density at radius 3 is 2.68 bits per heavy atom. The summed E-state index contributed by atoms with van der Waals surface area (Å²) >= 11 is 12.9. The molecule has 31 heavy (non-hydrogen) atoms. The van der Waals surface area contributed by atoms with E-state index in [4.69, 9.17) is 32.7 Å². The molecule has 2 unspecified atom stereocenters. The van der Waals surface area contributed by atoms with Gasteiger partial charge in [-0.3, -0.25) is 4.79 Å². The third kappa shape index (κ3) is 5.85. The molecule has 7 heteroatoms. The minimum absolute atomic E-state index is 0.163. The molecule has 168 valence electrons. The predicted octanol–water partition coefficient (Wildman–Crippen LogP) is 6.20. The summed E-state index contributed by atoms with van der Waals surface area (Å²) in [5.74, 6) is 1.79. The molecule has 0 spiro atoms. The van der Waals surface area contributed by atoms with Crippen molar-refractivity contribution in [2.24, 2.45) is 5.92 Å². The van der Waals surface area contributed by atoms with E-state index in [-0.39, 0.29) is 34.6 Å². The lowest BCUT2D eigenvalue weighted by Gasteiger charge is -2.26. The molecular weight excluding hydrogens is 437 g/mol. The molecule has 3 rings (SSSR count). The molecule has 2 aromatic rings. The highest BCUT2D eigenvalue weighted by atomic mass is 35.5. The number of aliphatic hydroxyl groups excluding tert-OH is 1. The molecule has 1 fully saturated rings. The standard InChI is InChI=1S/C24H29Cl2NO4/c1-14(2)19-12-17(7-10-21(19)30-3)31-23-20(25)9-8-18(22(23)26)24(29)27-13-15-5-4-6-16(28)11-15/h7-10,12,14-16,28H,4-6,11,13H2,1-3H3,(H,27,29). The van der Waals surface area contributed by atoms with E-state index >= 15 is 0 Å². The number of carbonyl (C=O) groups excluding carboxylic acids is 1. The highest BCUT2D eigenvalue weighted by Crippen LogP contribution is 2.40. The van der Waals surface area contributed by atoms with Crippen LogP contribution in [0.1, 0.15) is 61.4 Å². The molecule has 0 aromatic heterocycles. The monoisotopic (exact) mass is 465 g/mol. The summed E-state index contributed by atoms with van der Waals surface area (Å²) in [4.78, 5) is 12.8. The van der Waals surface area contributed by atoms with Crippen molar-refractivity contribution in [3.05, 3.63) is 51.5 Å². The minimum atomic E-state index is -0.288. The number of ether oxygens (including phenoxy) is 2. The van der Waals surface area contributed by atoms with Crippen molar-refractivity contribution in [3.63, 3.8) is 0 Å². The van der Waals surface area contributed by atoms with E-state index in [0.717, 1.165) is 30.6 Å². The number of methoxy groups -OCH3 is 1. The third-order valence-electron chi connectivity index (χ3n) is 5.64. The van der Waals surface area contributed by atoms with Crippen LogP contribution in [0.2, 0.25) is 10.0 Å². The summed E-state index contributed by atoms with van der Waals surface area (Å²) in [7, 11) is 1.63. The Morgan fingerprint density at radius 2 is 2.00 bits per heavy atom. The van der Waals surface area contributed by atoms with E-state index < -0.39 is 0 Å². The first-order chi connectivity index (χ1) is 14.8. The fourth-order valence-electron chi connectivity index (χ4n) is 3.93. The van der Waals surface area contributed by atoms with E-state index in [1.807, 2.05) is 12.1 Å². The molecule has 0 bridgehead atoms. The molecule has 2 atom stereocenters. The van der Waals surface area contributed by atoms with Gasteiger partial charge >= 0.3 is 0 Å². The van der Waals surface area contributed by atoms with Crippen LogP contribution < -0.4 is 14.8 Å². The van der Waals surface area contributed by atoms with Gasteiger partial charge in [-0.2, -0.15) is 0 Å². The van der Waals surface area contributed by atoms with Crippen molar-refractivity contribution < 1.29 is 19.4 Å². The van der Waals surface area contributed by atoms with Gasteiger partial charge in [0, 0.05) is 12.1 Å². The lowest BCUT2D eigenvalue weighted by Crippen LogP contribution is -2.33. The maximum atomic E-state index is 12.8. The van der Waals surface area contributed by atoms with Crippen LogP contribution in [0.25, 0.3) is 0 Å². The Kier molecular flexibility index (Phi) is 8.09. The van der Waals surface area contributed by atoms with Gasteiger partial charge in [0.05, 0.1) is 28.8 Å². The summed E-state index contributed by atoms with van der Waals surface area (Å²) in [5.41, 5.74) is 1.30. The van der Waals surface area contributed by atoms with Crippen LogP contribution in [-0.2, 0) is 0 Å². The third-order valence-corrected chi connectivity index (χ3v) is 6.32. The van der Waals surface area contributed by atoms with Crippen LogP contribution in [0.15, 0.2) is 30.3 Å². The second-order valence-corrected chi connectivity index (χ2v) is 9.08. The first-order valence-electron chi connectivity index (χ1n) is 10.6. The van der Waals surface area contributed by atoms with Crippen molar-refractivity contribution in [2.45, 2.75) is 51.6 Å². The molecule has 0 radical (unpaired) electrons. The Balaban J connectivity index is 1.77. The molecule has 1 saturated carbocycles. The first-order valence-corrected chi connectivity index (χ1v) is 11.4. The maximum absolute atomic E-state index is 12.8. The van der Waals surface area contributed by atoms with Crippen molar-refractivity contribution in [2.75, 3.05) is 13.7 Å². The van der Waals surface area contributed by atoms with Gasteiger partial charge in [0.25, 0.3) is 5.91 Å². The number of hydrogen-bond donors (Lipinski definition) is 2. The molecule has 1 amide bonds. The Bertz CT molecular complexity index is 932. The van der Waals surface area contributed by atoms with Gasteiger partial charge in [0.15, 0.2) is 5.75 Å². The van der Waals surface area contributed by atoms with Crippen molar-refractivity contribution in [3.8, 4) is 17.2 Å². The molecule has 5 nitrogen and oxygen atoms in total. The van der Waals surface area contributed by atoms with E-state index in [2.05, 4.69) is 19.2 Å². The smallest absolute Gasteiger partial charge is 0.252 e. The fraction of sp³-hybridized carbons (Fsp3) is 0.458. The number of carbonyl (C=O) groups is 1. The molecule has 1 aliphatic carbocycles. The second kappa shape index (κ2) is 10.6. The summed E-state index contributed by atoms with van der Waals surface area (Å²) in [6.45, 7) is 4.64. The van der Waals surface area contributed by atoms with Crippen LogP contribution in [0, 0.1) is 5.92 Å². The zero-order valence-corrected chi connectivity index (χ0v) is 19.6. The largest absolute Gasteiger partial charge is 0.496 e. The fourth-order valence-corrected chi connectivity index (χ4v) is 4.46. The summed E-state index contributed by atoms with van der Waals surface area (Å²) < 4.78 is 11.4. The van der Waals surface area contributed by atoms with Crippen LogP contribution in [0.4, 0.5) is 0 Å². The number of benzene rings is 2. The van der Waals surface area contributed by atoms with Gasteiger partial charge < -0.3 is 19.9 Å². The number of hydrogen-bond acceptors (Lipinski definition) is 4. The lowest BCUT2D eigenvalue weighted by atomic mass is 9.87. The van der Waals surface area contributed by atoms with E-state index in [1.54, 1.807) is 25.3 Å². The first kappa shape index (κ1) is 23.7. The van der Waals surface area contributed by atoms with Crippen molar-refractivity contribution in [1.29, 1.82) is 0 Å². The normalized spacial score (nSPS) is 18.7. The molecule has 2 aromatic carbocycles. The summed E-state index contributed by atoms with van der Waals surface area (Å²) in [6, 6.07) is 8.70. The van der Waals surface area contributed by atoms with Gasteiger partial charge in [-0.15, -0.1) is 0 Å². The molecule has 1 aliphatic rings. The zero-order valence-electron chi connectivity index (χ0n) is 18.1. The van der Waals surface area contributed by atoms with Gasteiger partial charge in [-0.25, -0.2) is 0 Å². The minimum Gasteiger partial charge on any atom is -0.496 e. The molecule has 0 heterocycles. The number of aliphatic hydroxyl groups is 1. The highest BCUT2D eigenvalue weighted by Gasteiger charge is 2.23. The molecule has 0 saturated heterocycles. The average Bonchev–Trinajstić information content (AvgIpc) is 2.75. The van der Waals surface area contributed by atoms with Crippen LogP contribution in [-0.4, -0.2) is 30.8 Å². The number of amides is 1. The molecule has 0 aliphatic heterocycles. The number of rotatable bonds is 7. The Morgan fingerprint density at radius 1 is 1.23 bits per heavy atom. The summed E-state index contributed by atoms with van der Waals surface area (Å²) in [6.07, 6.45) is 3.23. The highest BCUT2D eigenvalue weighted by molar-refractivity contribution is 6.39. The lowest BCUT2D eigenvalue weighted by molar-refractivity contribution is 0.0873. The van der Waals surface area contributed by atoms with E-state index in [0.29, 0.717) is 29.3 Å². The Labute approximate surface area is 193 Å². The van der Waals surface area contributed by atoms with Gasteiger partial charge in [-0.1, -0.05) is 43.5 Å². The van der Waals surface area contributed by atoms with Crippen LogP contribution in [0.3, 0.4) is 0 Å². The number of halogens is 2. The predicted molar refractivity (Wildman–Crippen MR) is 124 cm³/mol. The van der Waals surface area contributed by atoms with Crippen LogP contribution in [0.5, 0.6) is 17.2 Å². The topological polar surface area (TPSA) is 67.8 Å². The van der Waals surface area contributed by atoms with Crippen molar-refractivity contribution in [1.82, 2.24) is 5.32 Å². The molecular formula is C24H29Cl2NO4. The van der Waals surface area contributed by atoms with Gasteiger partial charge in [0.1, 0.15) is 11.5 Å². The van der Waals surface area contributed by atoms with Crippen LogP contribution >= 0.6 is 23.2 Å². The molecule has 2 N–H and O–H groups in total. The van der Waals surface area contributed by atoms with Gasteiger partial charge in [0.2, 0.25) is 0 Å². The zero-order chi connectivity index (χ0) is 22.5. The maximum Gasteiger partial charge on any atom is 0.252 e. The second-order valence-electron chi connectivity index (χ2n) is 8.30. The summed E-state index contributed by atoms with van der Waals surface area (Å²) in [5, 5.41) is 13.2.